The smallest absolute Gasteiger partial charge is 0.158 e. The van der Waals surface area contributed by atoms with Crippen molar-refractivity contribution in [3.05, 3.63) is 47.9 Å². The third-order valence-corrected chi connectivity index (χ3v) is 5.93. The van der Waals surface area contributed by atoms with Gasteiger partial charge in [0.25, 0.3) is 0 Å². The molecule has 0 amide bonds. The molecule has 1 saturated heterocycles. The van der Waals surface area contributed by atoms with Crippen LogP contribution in [0.2, 0.25) is 0 Å². The molecule has 0 saturated carbocycles. The molecule has 0 bridgehead atoms. The van der Waals surface area contributed by atoms with Crippen LogP contribution in [-0.4, -0.2) is 51.3 Å². The van der Waals surface area contributed by atoms with Crippen LogP contribution in [-0.2, 0) is 5.67 Å². The van der Waals surface area contributed by atoms with Gasteiger partial charge in [-0.15, -0.1) is 12.4 Å². The molecule has 0 aliphatic carbocycles. The van der Waals surface area contributed by atoms with E-state index in [9.17, 15) is 0 Å². The summed E-state index contributed by atoms with van der Waals surface area (Å²) in [6.07, 6.45) is 3.79. The van der Waals surface area contributed by atoms with Gasteiger partial charge in [-0.2, -0.15) is 10.4 Å². The molecular weight excluding hydrogens is 445 g/mol. The number of anilines is 2. The highest BCUT2D eigenvalue weighted by molar-refractivity contribution is 5.85. The fourth-order valence-electron chi connectivity index (χ4n) is 3.98. The predicted octanol–water partition coefficient (Wildman–Crippen LogP) is 4.58. The van der Waals surface area contributed by atoms with Crippen LogP contribution < -0.4 is 10.1 Å². The Morgan fingerprint density at radius 1 is 1.18 bits per heavy atom. The standard InChI is InChI=1S/C23H26FN7O.ClH/c1-15(2)31-8-6-23(24,7-9-31)16-4-5-18(20(10-16)32-3)19-11-21(30-29-19)28-22-14-26-17(12-25)13-27-22;/h4-5,10-11,13-15H,6-9H2,1-3H3,(H2,27,28,29,30);1H. The maximum absolute atomic E-state index is 15.7. The van der Waals surface area contributed by atoms with Crippen LogP contribution in [0, 0.1) is 11.3 Å². The monoisotopic (exact) mass is 471 g/mol. The Morgan fingerprint density at radius 2 is 1.94 bits per heavy atom. The van der Waals surface area contributed by atoms with E-state index in [1.807, 2.05) is 24.3 Å². The molecule has 0 spiro atoms. The first-order valence-electron chi connectivity index (χ1n) is 10.6. The fraction of sp³-hybridized carbons (Fsp3) is 0.391. The number of hydrogen-bond acceptors (Lipinski definition) is 7. The topological polar surface area (TPSA) is 103 Å². The third-order valence-electron chi connectivity index (χ3n) is 5.93. The molecule has 1 aliphatic heterocycles. The van der Waals surface area contributed by atoms with Crippen LogP contribution >= 0.6 is 12.4 Å². The summed E-state index contributed by atoms with van der Waals surface area (Å²) >= 11 is 0. The van der Waals surface area contributed by atoms with Crippen molar-refractivity contribution in [2.75, 3.05) is 25.5 Å². The molecule has 2 N–H and O–H groups in total. The molecule has 8 nitrogen and oxygen atoms in total. The van der Waals surface area contributed by atoms with Gasteiger partial charge in [0.2, 0.25) is 0 Å². The summed E-state index contributed by atoms with van der Waals surface area (Å²) < 4.78 is 21.3. The Morgan fingerprint density at radius 3 is 2.55 bits per heavy atom. The Labute approximate surface area is 198 Å². The lowest BCUT2D eigenvalue weighted by Crippen LogP contribution is -2.43. The van der Waals surface area contributed by atoms with Gasteiger partial charge in [0.1, 0.15) is 23.3 Å². The predicted molar refractivity (Wildman–Crippen MR) is 127 cm³/mol. The number of rotatable bonds is 6. The van der Waals surface area contributed by atoms with E-state index < -0.39 is 5.67 Å². The van der Waals surface area contributed by atoms with Crippen molar-refractivity contribution in [2.45, 2.75) is 38.4 Å². The second-order valence-corrected chi connectivity index (χ2v) is 8.20. The van der Waals surface area contributed by atoms with Gasteiger partial charge in [0.15, 0.2) is 11.5 Å². The van der Waals surface area contributed by atoms with E-state index in [1.54, 1.807) is 13.2 Å². The average molecular weight is 472 g/mol. The molecule has 1 aliphatic rings. The van der Waals surface area contributed by atoms with Crippen molar-refractivity contribution in [1.82, 2.24) is 25.1 Å². The van der Waals surface area contributed by atoms with E-state index in [4.69, 9.17) is 10.00 Å². The van der Waals surface area contributed by atoms with Crippen molar-refractivity contribution < 1.29 is 9.13 Å². The maximum atomic E-state index is 15.7. The first-order valence-corrected chi connectivity index (χ1v) is 10.6. The summed E-state index contributed by atoms with van der Waals surface area (Å²) in [5.74, 6) is 1.59. The second kappa shape index (κ2) is 10.1. The highest BCUT2D eigenvalue weighted by Crippen LogP contribution is 2.41. The molecule has 10 heteroatoms. The van der Waals surface area contributed by atoms with Crippen molar-refractivity contribution in [2.24, 2.45) is 0 Å². The van der Waals surface area contributed by atoms with E-state index in [1.165, 1.54) is 12.4 Å². The van der Waals surface area contributed by atoms with Gasteiger partial charge < -0.3 is 15.0 Å². The molecule has 3 aromatic rings. The molecule has 2 aromatic heterocycles. The Bertz CT molecular complexity index is 1120. The number of alkyl halides is 1. The zero-order valence-corrected chi connectivity index (χ0v) is 19.6. The van der Waals surface area contributed by atoms with Gasteiger partial charge in [0.05, 0.1) is 25.2 Å². The normalized spacial score (nSPS) is 15.5. The summed E-state index contributed by atoms with van der Waals surface area (Å²) in [5.41, 5.74) is 1.04. The van der Waals surface area contributed by atoms with Crippen molar-refractivity contribution in [3.8, 4) is 23.1 Å². The zero-order chi connectivity index (χ0) is 22.7. The van der Waals surface area contributed by atoms with Crippen LogP contribution in [0.25, 0.3) is 11.3 Å². The van der Waals surface area contributed by atoms with Crippen LogP contribution in [0.3, 0.4) is 0 Å². The molecule has 0 atom stereocenters. The molecule has 0 unspecified atom stereocenters. The number of nitriles is 1. The van der Waals surface area contributed by atoms with E-state index in [2.05, 4.69) is 44.2 Å². The van der Waals surface area contributed by atoms with Gasteiger partial charge in [-0.3, -0.25) is 5.10 Å². The molecular formula is C23H27ClFN7O. The number of benzene rings is 1. The highest BCUT2D eigenvalue weighted by atomic mass is 35.5. The van der Waals surface area contributed by atoms with Crippen LogP contribution in [0.4, 0.5) is 16.0 Å². The molecule has 1 fully saturated rings. The number of nitrogens with zero attached hydrogens (tertiary/aromatic N) is 5. The first-order chi connectivity index (χ1) is 15.4. The summed E-state index contributed by atoms with van der Waals surface area (Å²) in [7, 11) is 1.58. The first kappa shape index (κ1) is 24.4. The molecule has 3 heterocycles. The van der Waals surface area contributed by atoms with Gasteiger partial charge >= 0.3 is 0 Å². The number of H-pyrrole nitrogens is 1. The second-order valence-electron chi connectivity index (χ2n) is 8.20. The average Bonchev–Trinajstić information content (AvgIpc) is 3.27. The lowest BCUT2D eigenvalue weighted by Gasteiger charge is -2.38. The number of hydrogen-bond donors (Lipinski definition) is 2. The number of aromatic amines is 1. The Hall–Kier alpha value is -3.22. The van der Waals surface area contributed by atoms with Gasteiger partial charge in [-0.1, -0.05) is 6.07 Å². The Balaban J connectivity index is 0.00000306. The zero-order valence-electron chi connectivity index (χ0n) is 18.8. The number of aromatic nitrogens is 4. The number of halogens is 2. The summed E-state index contributed by atoms with van der Waals surface area (Å²) in [4.78, 5) is 10.4. The largest absolute Gasteiger partial charge is 0.496 e. The Kier molecular flexibility index (Phi) is 7.51. The van der Waals surface area contributed by atoms with Crippen LogP contribution in [0.15, 0.2) is 36.7 Å². The van der Waals surface area contributed by atoms with E-state index in [0.717, 1.165) is 24.3 Å². The number of likely N-dealkylation sites (tertiary alicyclic amines) is 1. The minimum absolute atomic E-state index is 0. The third kappa shape index (κ3) is 5.24. The van der Waals surface area contributed by atoms with E-state index in [0.29, 0.717) is 41.8 Å². The van der Waals surface area contributed by atoms with Crippen LogP contribution in [0.5, 0.6) is 5.75 Å². The minimum atomic E-state index is -1.36. The highest BCUT2D eigenvalue weighted by Gasteiger charge is 2.37. The molecule has 33 heavy (non-hydrogen) atoms. The summed E-state index contributed by atoms with van der Waals surface area (Å²) in [6, 6.07) is 9.66. The quantitative estimate of drug-likeness (QED) is 0.542. The fourth-order valence-corrected chi connectivity index (χ4v) is 3.98. The van der Waals surface area contributed by atoms with E-state index >= 15 is 4.39 Å². The lowest BCUT2D eigenvalue weighted by atomic mass is 9.85. The minimum Gasteiger partial charge on any atom is -0.496 e. The lowest BCUT2D eigenvalue weighted by molar-refractivity contribution is 0.0425. The number of piperidine rings is 1. The summed E-state index contributed by atoms with van der Waals surface area (Å²) in [5, 5.41) is 19.1. The van der Waals surface area contributed by atoms with Crippen molar-refractivity contribution >= 4 is 24.0 Å². The molecule has 174 valence electrons. The molecule has 0 radical (unpaired) electrons. The van der Waals surface area contributed by atoms with Crippen molar-refractivity contribution in [1.29, 1.82) is 5.26 Å². The summed E-state index contributed by atoms with van der Waals surface area (Å²) in [6.45, 7) is 5.77. The van der Waals surface area contributed by atoms with Crippen LogP contribution in [0.1, 0.15) is 37.9 Å². The van der Waals surface area contributed by atoms with Gasteiger partial charge in [0, 0.05) is 30.8 Å². The van der Waals surface area contributed by atoms with Crippen molar-refractivity contribution in [3.63, 3.8) is 0 Å². The number of methoxy groups -OCH3 is 1. The number of nitrogens with one attached hydrogen (secondary N) is 2. The van der Waals surface area contributed by atoms with E-state index in [-0.39, 0.29) is 18.1 Å². The SMILES string of the molecule is COc1cc(C2(F)CCN(C(C)C)CC2)ccc1-c1cc(Nc2cnc(C#N)cn2)n[nH]1.Cl. The van der Waals surface area contributed by atoms with Gasteiger partial charge in [-0.25, -0.2) is 14.4 Å². The molecule has 1 aromatic carbocycles. The maximum Gasteiger partial charge on any atom is 0.158 e. The van der Waals surface area contributed by atoms with Gasteiger partial charge in [-0.05, 0) is 44.4 Å². The number of ether oxygens (including phenoxy) is 1. The molecule has 4 rings (SSSR count).